The molecule has 0 N–H and O–H groups in total. The molecule has 0 atom stereocenters. The van der Waals surface area contributed by atoms with Gasteiger partial charge in [0, 0.05) is 38.7 Å². The van der Waals surface area contributed by atoms with Gasteiger partial charge in [-0.3, -0.25) is 0 Å². The van der Waals surface area contributed by atoms with Crippen LogP contribution in [-0.4, -0.2) is 36.3 Å². The Morgan fingerprint density at radius 3 is 2.53 bits per heavy atom. The first-order valence-electron chi connectivity index (χ1n) is 5.05. The van der Waals surface area contributed by atoms with Gasteiger partial charge in [-0.25, -0.2) is 9.97 Å². The van der Waals surface area contributed by atoms with Crippen molar-refractivity contribution < 1.29 is 4.74 Å². The molecule has 15 heavy (non-hydrogen) atoms. The first-order chi connectivity index (χ1) is 7.27. The van der Waals surface area contributed by atoms with Crippen molar-refractivity contribution in [1.82, 2.24) is 9.97 Å². The maximum Gasteiger partial charge on any atom is 0.225 e. The summed E-state index contributed by atoms with van der Waals surface area (Å²) in [4.78, 5) is 10.7. The van der Waals surface area contributed by atoms with Gasteiger partial charge in [0.2, 0.25) is 5.95 Å². The smallest absolute Gasteiger partial charge is 0.225 e. The third-order valence-electron chi connectivity index (χ3n) is 2.66. The van der Waals surface area contributed by atoms with Crippen LogP contribution in [0, 0.1) is 0 Å². The fraction of sp³-hybridized carbons (Fsp3) is 0.600. The standard InChI is InChI=1S/C10H14BrN3O/c1-14(9-2-4-15-5-3-9)10-12-6-8(11)7-13-10/h6-7,9H,2-5H2,1H3. The number of hydrogen-bond donors (Lipinski definition) is 0. The lowest BCUT2D eigenvalue weighted by atomic mass is 10.1. The van der Waals surface area contributed by atoms with Crippen LogP contribution in [0.15, 0.2) is 16.9 Å². The van der Waals surface area contributed by atoms with Gasteiger partial charge in [0.15, 0.2) is 0 Å². The molecule has 2 rings (SSSR count). The van der Waals surface area contributed by atoms with Crippen LogP contribution in [0.3, 0.4) is 0 Å². The molecule has 1 aliphatic rings. The van der Waals surface area contributed by atoms with Crippen molar-refractivity contribution in [3.8, 4) is 0 Å². The van der Waals surface area contributed by atoms with Gasteiger partial charge < -0.3 is 9.64 Å². The molecular formula is C10H14BrN3O. The zero-order chi connectivity index (χ0) is 10.7. The number of aromatic nitrogens is 2. The van der Waals surface area contributed by atoms with Gasteiger partial charge in [0.25, 0.3) is 0 Å². The summed E-state index contributed by atoms with van der Waals surface area (Å²) in [5, 5.41) is 0. The summed E-state index contributed by atoms with van der Waals surface area (Å²) in [5.74, 6) is 0.783. The summed E-state index contributed by atoms with van der Waals surface area (Å²) in [5.41, 5.74) is 0. The van der Waals surface area contributed by atoms with E-state index in [0.29, 0.717) is 6.04 Å². The second-order valence-corrected chi connectivity index (χ2v) is 4.57. The second-order valence-electron chi connectivity index (χ2n) is 3.66. The molecule has 0 aliphatic carbocycles. The molecule has 0 unspecified atom stereocenters. The Bertz CT molecular complexity index is 311. The number of ether oxygens (including phenoxy) is 1. The van der Waals surface area contributed by atoms with Crippen molar-refractivity contribution in [3.63, 3.8) is 0 Å². The molecule has 1 aromatic heterocycles. The molecule has 0 amide bonds. The molecule has 0 bridgehead atoms. The molecule has 82 valence electrons. The van der Waals surface area contributed by atoms with Crippen molar-refractivity contribution in [2.45, 2.75) is 18.9 Å². The molecule has 0 aromatic carbocycles. The first kappa shape index (κ1) is 10.8. The van der Waals surface area contributed by atoms with Crippen molar-refractivity contribution >= 4 is 21.9 Å². The van der Waals surface area contributed by atoms with E-state index in [0.717, 1.165) is 36.5 Å². The summed E-state index contributed by atoms with van der Waals surface area (Å²) >= 11 is 3.33. The minimum Gasteiger partial charge on any atom is -0.381 e. The van der Waals surface area contributed by atoms with E-state index in [2.05, 4.69) is 30.8 Å². The molecule has 0 radical (unpaired) electrons. The second kappa shape index (κ2) is 4.90. The van der Waals surface area contributed by atoms with Crippen molar-refractivity contribution in [2.24, 2.45) is 0 Å². The lowest BCUT2D eigenvalue weighted by Gasteiger charge is -2.31. The highest BCUT2D eigenvalue weighted by atomic mass is 79.9. The molecule has 1 aromatic rings. The van der Waals surface area contributed by atoms with Crippen LogP contribution in [0.5, 0.6) is 0 Å². The Balaban J connectivity index is 2.05. The van der Waals surface area contributed by atoms with Crippen LogP contribution in [0.4, 0.5) is 5.95 Å². The summed E-state index contributed by atoms with van der Waals surface area (Å²) < 4.78 is 6.24. The van der Waals surface area contributed by atoms with Gasteiger partial charge in [-0.15, -0.1) is 0 Å². The van der Waals surface area contributed by atoms with Crippen molar-refractivity contribution in [2.75, 3.05) is 25.2 Å². The Morgan fingerprint density at radius 2 is 1.93 bits per heavy atom. The van der Waals surface area contributed by atoms with E-state index in [4.69, 9.17) is 4.74 Å². The van der Waals surface area contributed by atoms with E-state index in [1.807, 2.05) is 7.05 Å². The number of nitrogens with zero attached hydrogens (tertiary/aromatic N) is 3. The van der Waals surface area contributed by atoms with Crippen LogP contribution in [0.1, 0.15) is 12.8 Å². The third-order valence-corrected chi connectivity index (χ3v) is 3.07. The lowest BCUT2D eigenvalue weighted by molar-refractivity contribution is 0.0852. The van der Waals surface area contributed by atoms with E-state index in [1.54, 1.807) is 12.4 Å². The zero-order valence-electron chi connectivity index (χ0n) is 8.69. The highest BCUT2D eigenvalue weighted by molar-refractivity contribution is 9.10. The molecule has 1 saturated heterocycles. The molecule has 1 aliphatic heterocycles. The topological polar surface area (TPSA) is 38.2 Å². The molecule has 4 nitrogen and oxygen atoms in total. The van der Waals surface area contributed by atoms with Crippen LogP contribution >= 0.6 is 15.9 Å². The van der Waals surface area contributed by atoms with E-state index in [-0.39, 0.29) is 0 Å². The molecule has 5 heteroatoms. The third kappa shape index (κ3) is 2.66. The van der Waals surface area contributed by atoms with Gasteiger partial charge in [0.1, 0.15) is 0 Å². The van der Waals surface area contributed by atoms with Crippen LogP contribution in [0.2, 0.25) is 0 Å². The average Bonchev–Trinajstić information content (AvgIpc) is 2.30. The lowest BCUT2D eigenvalue weighted by Crippen LogP contribution is -2.37. The minimum absolute atomic E-state index is 0.500. The first-order valence-corrected chi connectivity index (χ1v) is 5.85. The summed E-state index contributed by atoms with van der Waals surface area (Å²) in [6.07, 6.45) is 5.65. The Morgan fingerprint density at radius 1 is 1.33 bits per heavy atom. The van der Waals surface area contributed by atoms with Gasteiger partial charge in [-0.2, -0.15) is 0 Å². The predicted molar refractivity (Wildman–Crippen MR) is 62.0 cm³/mol. The number of halogens is 1. The SMILES string of the molecule is CN(c1ncc(Br)cn1)C1CCOCC1. The largest absolute Gasteiger partial charge is 0.381 e. The molecule has 0 spiro atoms. The van der Waals surface area contributed by atoms with Gasteiger partial charge in [0.05, 0.1) is 4.47 Å². The Labute approximate surface area is 97.8 Å². The number of rotatable bonds is 2. The van der Waals surface area contributed by atoms with E-state index >= 15 is 0 Å². The summed E-state index contributed by atoms with van der Waals surface area (Å²) in [6, 6.07) is 0.500. The zero-order valence-corrected chi connectivity index (χ0v) is 10.3. The maximum absolute atomic E-state index is 5.33. The summed E-state index contributed by atoms with van der Waals surface area (Å²) in [6.45, 7) is 1.68. The van der Waals surface area contributed by atoms with Crippen molar-refractivity contribution in [3.05, 3.63) is 16.9 Å². The Kier molecular flexibility index (Phi) is 3.53. The highest BCUT2D eigenvalue weighted by Gasteiger charge is 2.20. The van der Waals surface area contributed by atoms with E-state index < -0.39 is 0 Å². The molecule has 0 saturated carbocycles. The molecule has 1 fully saturated rings. The summed E-state index contributed by atoms with van der Waals surface area (Å²) in [7, 11) is 2.04. The quantitative estimate of drug-likeness (QED) is 0.823. The van der Waals surface area contributed by atoms with Crippen LogP contribution in [0.25, 0.3) is 0 Å². The monoisotopic (exact) mass is 271 g/mol. The fourth-order valence-electron chi connectivity index (χ4n) is 1.72. The average molecular weight is 272 g/mol. The molecule has 2 heterocycles. The maximum atomic E-state index is 5.33. The van der Waals surface area contributed by atoms with Crippen molar-refractivity contribution in [1.29, 1.82) is 0 Å². The van der Waals surface area contributed by atoms with Gasteiger partial charge in [-0.1, -0.05) is 0 Å². The normalized spacial score (nSPS) is 17.7. The Hall–Kier alpha value is -0.680. The van der Waals surface area contributed by atoms with Crippen LogP contribution in [-0.2, 0) is 4.74 Å². The van der Waals surface area contributed by atoms with Crippen LogP contribution < -0.4 is 4.90 Å². The van der Waals surface area contributed by atoms with E-state index in [1.165, 1.54) is 0 Å². The van der Waals surface area contributed by atoms with E-state index in [9.17, 15) is 0 Å². The number of hydrogen-bond acceptors (Lipinski definition) is 4. The van der Waals surface area contributed by atoms with Gasteiger partial charge in [-0.05, 0) is 28.8 Å². The highest BCUT2D eigenvalue weighted by Crippen LogP contribution is 2.18. The predicted octanol–water partition coefficient (Wildman–Crippen LogP) is 1.85. The molecular weight excluding hydrogens is 258 g/mol. The number of anilines is 1. The minimum atomic E-state index is 0.500. The van der Waals surface area contributed by atoms with Gasteiger partial charge >= 0.3 is 0 Å². The fourth-order valence-corrected chi connectivity index (χ4v) is 1.93.